The van der Waals surface area contributed by atoms with E-state index in [0.29, 0.717) is 11.5 Å². The lowest BCUT2D eigenvalue weighted by Gasteiger charge is -2.32. The van der Waals surface area contributed by atoms with Gasteiger partial charge in [-0.2, -0.15) is 0 Å². The number of hydrogen-bond acceptors (Lipinski definition) is 4. The molecule has 0 heterocycles. The average molecular weight is 342 g/mol. The van der Waals surface area contributed by atoms with Crippen LogP contribution in [0.1, 0.15) is 47.2 Å². The largest absolute Gasteiger partial charge is 0.505 e. The zero-order chi connectivity index (χ0) is 19.1. The fourth-order valence-corrected chi connectivity index (χ4v) is 3.86. The zero-order valence-corrected chi connectivity index (χ0v) is 16.5. The van der Waals surface area contributed by atoms with E-state index >= 15 is 0 Å². The summed E-state index contributed by atoms with van der Waals surface area (Å²) in [5.41, 5.74) is 7.32. The smallest absolute Gasteiger partial charge is 0.141 e. The third-order valence-corrected chi connectivity index (χ3v) is 5.35. The summed E-state index contributed by atoms with van der Waals surface area (Å²) in [5.74, 6) is 0.600. The highest BCUT2D eigenvalue weighted by molar-refractivity contribution is 5.71. The number of phenols is 2. The maximum Gasteiger partial charge on any atom is 0.141 e. The molecule has 0 saturated carbocycles. The predicted molar refractivity (Wildman–Crippen MR) is 106 cm³/mol. The van der Waals surface area contributed by atoms with Gasteiger partial charge in [0.2, 0.25) is 0 Å². The van der Waals surface area contributed by atoms with Crippen LogP contribution in [0.2, 0.25) is 0 Å². The normalized spacial score (nSPS) is 11.5. The van der Waals surface area contributed by atoms with Crippen molar-refractivity contribution in [1.29, 1.82) is 0 Å². The fraction of sp³-hybridized carbons (Fsp3) is 0.429. The van der Waals surface area contributed by atoms with Crippen molar-refractivity contribution in [3.8, 4) is 11.5 Å². The maximum atomic E-state index is 10.4. The van der Waals surface area contributed by atoms with Crippen molar-refractivity contribution in [2.45, 2.75) is 47.0 Å². The summed E-state index contributed by atoms with van der Waals surface area (Å²) < 4.78 is 0. The average Bonchev–Trinajstić information content (AvgIpc) is 2.55. The number of hydrogen-bond donors (Lipinski definition) is 4. The molecule has 4 nitrogen and oxygen atoms in total. The molecule has 4 heteroatoms. The Kier molecular flexibility index (Phi) is 4.94. The van der Waals surface area contributed by atoms with Crippen molar-refractivity contribution < 1.29 is 10.2 Å². The van der Waals surface area contributed by atoms with Crippen LogP contribution >= 0.6 is 0 Å². The predicted octanol–water partition coefficient (Wildman–Crippen LogP) is 4.74. The fourth-order valence-electron chi connectivity index (χ4n) is 3.86. The highest BCUT2D eigenvalue weighted by atomic mass is 16.3. The van der Waals surface area contributed by atoms with Gasteiger partial charge in [0.05, 0.1) is 11.4 Å². The Morgan fingerprint density at radius 1 is 0.720 bits per heavy atom. The number of phenolic OH excluding ortho intramolecular Hbond substituents is 2. The van der Waals surface area contributed by atoms with Gasteiger partial charge in [0.15, 0.2) is 0 Å². The van der Waals surface area contributed by atoms with Gasteiger partial charge in [0.25, 0.3) is 0 Å². The Morgan fingerprint density at radius 2 is 1.04 bits per heavy atom. The number of benzene rings is 2. The summed E-state index contributed by atoms with van der Waals surface area (Å²) in [6.07, 6.45) is 0. The molecule has 4 N–H and O–H groups in total. The summed E-state index contributed by atoms with van der Waals surface area (Å²) in [6.45, 7) is 12.3. The molecule has 0 aliphatic heterocycles. The van der Waals surface area contributed by atoms with E-state index in [2.05, 4.69) is 36.6 Å². The summed E-state index contributed by atoms with van der Waals surface area (Å²) in [4.78, 5) is 0. The number of aryl methyl sites for hydroxylation is 2. The minimum Gasteiger partial charge on any atom is -0.505 e. The lowest BCUT2D eigenvalue weighted by Crippen LogP contribution is -2.23. The monoisotopic (exact) mass is 342 g/mol. The van der Waals surface area contributed by atoms with Gasteiger partial charge in [0.1, 0.15) is 11.5 Å². The highest BCUT2D eigenvalue weighted by Gasteiger charge is 2.30. The molecule has 2 rings (SSSR count). The number of nitrogens with one attached hydrogen (secondary N) is 2. The zero-order valence-electron chi connectivity index (χ0n) is 16.5. The molecular weight excluding hydrogens is 312 g/mol. The first-order chi connectivity index (χ1) is 11.6. The van der Waals surface area contributed by atoms with Gasteiger partial charge in [-0.05, 0) is 61.1 Å². The second-order valence-corrected chi connectivity index (χ2v) is 7.30. The lowest BCUT2D eigenvalue weighted by atomic mass is 9.73. The molecule has 0 bridgehead atoms. The van der Waals surface area contributed by atoms with Gasteiger partial charge >= 0.3 is 0 Å². The molecule has 0 aliphatic rings. The minimum absolute atomic E-state index is 0.289. The second-order valence-electron chi connectivity index (χ2n) is 7.30. The Balaban J connectivity index is 2.81. The molecule has 0 spiro atoms. The third-order valence-electron chi connectivity index (χ3n) is 5.35. The van der Waals surface area contributed by atoms with Gasteiger partial charge < -0.3 is 20.8 Å². The molecule has 0 saturated heterocycles. The van der Waals surface area contributed by atoms with Crippen molar-refractivity contribution in [1.82, 2.24) is 0 Å². The molecule has 0 atom stereocenters. The standard InChI is InChI=1S/C21H30N2O2/c1-11-9-15(13(3)17(22-7)19(11)24)21(5,6)16-10-12(2)20(25)18(23-8)14(16)4/h9-10,22-25H,1-8H3. The van der Waals surface area contributed by atoms with Gasteiger partial charge in [-0.3, -0.25) is 0 Å². The second kappa shape index (κ2) is 6.51. The molecular formula is C21H30N2O2. The molecule has 0 unspecified atom stereocenters. The van der Waals surface area contributed by atoms with Crippen LogP contribution < -0.4 is 10.6 Å². The van der Waals surface area contributed by atoms with E-state index in [4.69, 9.17) is 0 Å². The van der Waals surface area contributed by atoms with Crippen LogP contribution in [-0.2, 0) is 5.41 Å². The van der Waals surface area contributed by atoms with Crippen LogP contribution in [0.5, 0.6) is 11.5 Å². The Labute approximate surface area is 150 Å². The van der Waals surface area contributed by atoms with Gasteiger partial charge in [-0.1, -0.05) is 26.0 Å². The Bertz CT molecular complexity index is 756. The van der Waals surface area contributed by atoms with Gasteiger partial charge in [0, 0.05) is 19.5 Å². The van der Waals surface area contributed by atoms with Crippen LogP contribution in [-0.4, -0.2) is 24.3 Å². The van der Waals surface area contributed by atoms with Crippen LogP contribution in [0.4, 0.5) is 11.4 Å². The molecule has 2 aromatic carbocycles. The first kappa shape index (κ1) is 19.0. The van der Waals surface area contributed by atoms with Crippen molar-refractivity contribution in [3.63, 3.8) is 0 Å². The van der Waals surface area contributed by atoms with Crippen molar-refractivity contribution >= 4 is 11.4 Å². The van der Waals surface area contributed by atoms with Crippen LogP contribution in [0.3, 0.4) is 0 Å². The van der Waals surface area contributed by atoms with E-state index < -0.39 is 0 Å². The molecule has 0 radical (unpaired) electrons. The lowest BCUT2D eigenvalue weighted by molar-refractivity contribution is 0.471. The maximum absolute atomic E-state index is 10.4. The molecule has 0 amide bonds. The van der Waals surface area contributed by atoms with Crippen molar-refractivity contribution in [3.05, 3.63) is 45.5 Å². The molecule has 0 aliphatic carbocycles. The third kappa shape index (κ3) is 2.90. The van der Waals surface area contributed by atoms with Crippen LogP contribution in [0, 0.1) is 27.7 Å². The van der Waals surface area contributed by atoms with Gasteiger partial charge in [-0.15, -0.1) is 0 Å². The van der Waals surface area contributed by atoms with E-state index in [1.807, 2.05) is 41.8 Å². The highest BCUT2D eigenvalue weighted by Crippen LogP contribution is 2.45. The van der Waals surface area contributed by atoms with E-state index in [1.54, 1.807) is 0 Å². The molecule has 25 heavy (non-hydrogen) atoms. The van der Waals surface area contributed by atoms with Crippen molar-refractivity contribution in [2.24, 2.45) is 0 Å². The number of aromatic hydroxyl groups is 2. The molecule has 136 valence electrons. The van der Waals surface area contributed by atoms with E-state index in [1.165, 1.54) is 0 Å². The molecule has 0 fully saturated rings. The van der Waals surface area contributed by atoms with Gasteiger partial charge in [-0.25, -0.2) is 0 Å². The molecule has 0 aromatic heterocycles. The number of rotatable bonds is 4. The summed E-state index contributed by atoms with van der Waals surface area (Å²) >= 11 is 0. The van der Waals surface area contributed by atoms with Crippen molar-refractivity contribution in [2.75, 3.05) is 24.7 Å². The topological polar surface area (TPSA) is 64.5 Å². The Hall–Kier alpha value is -2.36. The first-order valence-corrected chi connectivity index (χ1v) is 8.60. The van der Waals surface area contributed by atoms with E-state index in [-0.39, 0.29) is 5.41 Å². The summed E-state index contributed by atoms with van der Waals surface area (Å²) in [5, 5.41) is 26.9. The quantitative estimate of drug-likeness (QED) is 0.606. The van der Waals surface area contributed by atoms with E-state index in [0.717, 1.165) is 44.8 Å². The SMILES string of the molecule is CNc1c(C)c(C(C)(C)c2cc(C)c(O)c(NC)c2C)cc(C)c1O. The summed E-state index contributed by atoms with van der Waals surface area (Å²) in [7, 11) is 3.65. The van der Waals surface area contributed by atoms with Crippen LogP contribution in [0.25, 0.3) is 0 Å². The first-order valence-electron chi connectivity index (χ1n) is 8.60. The number of anilines is 2. The minimum atomic E-state index is -0.289. The van der Waals surface area contributed by atoms with Crippen LogP contribution in [0.15, 0.2) is 12.1 Å². The summed E-state index contributed by atoms with van der Waals surface area (Å²) in [6, 6.07) is 4.12. The van der Waals surface area contributed by atoms with E-state index in [9.17, 15) is 10.2 Å². The molecule has 2 aromatic rings. The Morgan fingerprint density at radius 3 is 1.32 bits per heavy atom.